The third-order valence-corrected chi connectivity index (χ3v) is 4.57. The third-order valence-electron chi connectivity index (χ3n) is 4.57. The van der Waals surface area contributed by atoms with Gasteiger partial charge in [0.15, 0.2) is 0 Å². The van der Waals surface area contributed by atoms with E-state index < -0.39 is 5.60 Å². The fourth-order valence-electron chi connectivity index (χ4n) is 3.30. The van der Waals surface area contributed by atoms with Crippen LogP contribution in [-0.2, 0) is 10.4 Å². The Hall–Kier alpha value is -2.24. The van der Waals surface area contributed by atoms with Gasteiger partial charge in [0, 0.05) is 32.3 Å². The summed E-state index contributed by atoms with van der Waals surface area (Å²) in [5.41, 5.74) is 1.99. The molecule has 1 atom stereocenters. The molecule has 1 amide bonds. The average Bonchev–Trinajstić information content (AvgIpc) is 2.97. The van der Waals surface area contributed by atoms with Crippen molar-refractivity contribution in [3.8, 4) is 0 Å². The van der Waals surface area contributed by atoms with E-state index in [1.807, 2.05) is 37.3 Å². The van der Waals surface area contributed by atoms with Gasteiger partial charge in [0.05, 0.1) is 11.9 Å². The normalized spacial score (nSPS) is 20.9. The van der Waals surface area contributed by atoms with Crippen LogP contribution in [-0.4, -0.2) is 40.5 Å². The van der Waals surface area contributed by atoms with Gasteiger partial charge in [0.1, 0.15) is 5.60 Å². The molecule has 2 heterocycles. The van der Waals surface area contributed by atoms with Crippen molar-refractivity contribution in [2.75, 3.05) is 25.0 Å². The van der Waals surface area contributed by atoms with Crippen LogP contribution >= 0.6 is 0 Å². The first-order chi connectivity index (χ1) is 11.6. The minimum Gasteiger partial charge on any atom is -0.384 e. The molecular weight excluding hydrogens is 302 g/mol. The summed E-state index contributed by atoms with van der Waals surface area (Å²) in [6.07, 6.45) is 4.40. The molecule has 0 bridgehead atoms. The summed E-state index contributed by atoms with van der Waals surface area (Å²) in [5.74, 6) is -0.0330. The highest BCUT2D eigenvalue weighted by Gasteiger charge is 2.38. The number of benzene rings is 1. The molecule has 5 heteroatoms. The zero-order valence-corrected chi connectivity index (χ0v) is 13.9. The molecule has 1 saturated heterocycles. The lowest BCUT2D eigenvalue weighted by Gasteiger charge is -2.25. The average molecular weight is 325 g/mol. The van der Waals surface area contributed by atoms with Crippen molar-refractivity contribution in [2.45, 2.75) is 25.4 Å². The lowest BCUT2D eigenvalue weighted by Crippen LogP contribution is -2.33. The van der Waals surface area contributed by atoms with Crippen molar-refractivity contribution in [1.29, 1.82) is 0 Å². The molecular formula is C19H23N3O2. The highest BCUT2D eigenvalue weighted by atomic mass is 16.3. The highest BCUT2D eigenvalue weighted by molar-refractivity contribution is 5.90. The molecule has 0 unspecified atom stereocenters. The molecule has 0 radical (unpaired) electrons. The van der Waals surface area contributed by atoms with Crippen molar-refractivity contribution in [1.82, 2.24) is 9.88 Å². The number of β-amino-alcohol motifs (C(OH)–C–C–N with tert-alkyl or cyclic N) is 1. The molecule has 5 nitrogen and oxygen atoms in total. The van der Waals surface area contributed by atoms with Crippen molar-refractivity contribution in [2.24, 2.45) is 0 Å². The number of amides is 1. The summed E-state index contributed by atoms with van der Waals surface area (Å²) in [4.78, 5) is 18.2. The van der Waals surface area contributed by atoms with Crippen molar-refractivity contribution < 1.29 is 9.90 Å². The number of nitrogens with one attached hydrogen (secondary N) is 1. The number of aromatic nitrogens is 1. The van der Waals surface area contributed by atoms with Crippen LogP contribution < -0.4 is 5.32 Å². The lowest BCUT2D eigenvalue weighted by molar-refractivity contribution is -0.116. The Balaban J connectivity index is 1.53. The number of anilines is 1. The number of pyridine rings is 1. The molecule has 1 aromatic heterocycles. The maximum absolute atomic E-state index is 12.0. The van der Waals surface area contributed by atoms with Gasteiger partial charge in [-0.3, -0.25) is 14.7 Å². The molecule has 1 fully saturated rings. The quantitative estimate of drug-likeness (QED) is 0.885. The van der Waals surface area contributed by atoms with Gasteiger partial charge in [-0.2, -0.15) is 0 Å². The number of carbonyl (C=O) groups is 1. The summed E-state index contributed by atoms with van der Waals surface area (Å²) >= 11 is 0. The van der Waals surface area contributed by atoms with E-state index in [4.69, 9.17) is 0 Å². The van der Waals surface area contributed by atoms with Gasteiger partial charge in [-0.15, -0.1) is 0 Å². The van der Waals surface area contributed by atoms with Crippen LogP contribution in [0.2, 0.25) is 0 Å². The van der Waals surface area contributed by atoms with E-state index in [0.29, 0.717) is 31.6 Å². The first-order valence-electron chi connectivity index (χ1n) is 8.27. The maximum atomic E-state index is 12.0. The van der Waals surface area contributed by atoms with E-state index in [1.54, 1.807) is 18.5 Å². The molecule has 1 aliphatic rings. The highest BCUT2D eigenvalue weighted by Crippen LogP contribution is 2.33. The maximum Gasteiger partial charge on any atom is 0.225 e. The van der Waals surface area contributed by atoms with Crippen LogP contribution in [0.5, 0.6) is 0 Å². The van der Waals surface area contributed by atoms with Gasteiger partial charge in [-0.25, -0.2) is 0 Å². The van der Waals surface area contributed by atoms with E-state index in [0.717, 1.165) is 17.7 Å². The number of likely N-dealkylation sites (tertiary alicyclic amines) is 1. The van der Waals surface area contributed by atoms with Crippen molar-refractivity contribution in [3.05, 3.63) is 59.9 Å². The Labute approximate surface area is 142 Å². The van der Waals surface area contributed by atoms with Crippen molar-refractivity contribution >= 4 is 11.6 Å². The van der Waals surface area contributed by atoms with E-state index >= 15 is 0 Å². The minimum absolute atomic E-state index is 0.0330. The number of carbonyl (C=O) groups excluding carboxylic acids is 1. The summed E-state index contributed by atoms with van der Waals surface area (Å²) in [7, 11) is 0. The van der Waals surface area contributed by atoms with Crippen LogP contribution in [0.15, 0.2) is 48.8 Å². The van der Waals surface area contributed by atoms with Crippen LogP contribution in [0, 0.1) is 6.92 Å². The van der Waals surface area contributed by atoms with Crippen LogP contribution in [0.25, 0.3) is 0 Å². The molecule has 3 rings (SSSR count). The summed E-state index contributed by atoms with van der Waals surface area (Å²) in [6, 6.07) is 11.6. The summed E-state index contributed by atoms with van der Waals surface area (Å²) in [6.45, 7) is 4.03. The molecule has 1 aliphatic heterocycles. The minimum atomic E-state index is -0.814. The molecule has 126 valence electrons. The number of aryl methyl sites for hydroxylation is 1. The van der Waals surface area contributed by atoms with Gasteiger partial charge in [0.2, 0.25) is 5.91 Å². The Morgan fingerprint density at radius 1 is 1.33 bits per heavy atom. The number of aliphatic hydroxyl groups is 1. The van der Waals surface area contributed by atoms with E-state index in [9.17, 15) is 9.90 Å². The van der Waals surface area contributed by atoms with E-state index in [2.05, 4.69) is 15.2 Å². The van der Waals surface area contributed by atoms with E-state index in [1.165, 1.54) is 0 Å². The van der Waals surface area contributed by atoms with Gasteiger partial charge >= 0.3 is 0 Å². The summed E-state index contributed by atoms with van der Waals surface area (Å²) < 4.78 is 0. The summed E-state index contributed by atoms with van der Waals surface area (Å²) in [5, 5.41) is 13.8. The standard InChI is InChI=1S/C19H23N3O2/c1-15-5-2-3-7-17(15)19(24)9-12-22(14-19)11-8-18(23)21-16-6-4-10-20-13-16/h2-7,10,13,24H,8-9,11-12,14H2,1H3,(H,21,23)/t19-/m1/s1. The molecule has 24 heavy (non-hydrogen) atoms. The van der Waals surface area contributed by atoms with Crippen LogP contribution in [0.1, 0.15) is 24.0 Å². The zero-order valence-electron chi connectivity index (χ0n) is 13.9. The molecule has 2 aromatic rings. The van der Waals surface area contributed by atoms with Gasteiger partial charge < -0.3 is 10.4 Å². The molecule has 2 N–H and O–H groups in total. The lowest BCUT2D eigenvalue weighted by atomic mass is 9.89. The Bertz CT molecular complexity index is 705. The second-order valence-corrected chi connectivity index (χ2v) is 6.41. The van der Waals surface area contributed by atoms with E-state index in [-0.39, 0.29) is 5.91 Å². The fraction of sp³-hybridized carbons (Fsp3) is 0.368. The molecule has 0 spiro atoms. The van der Waals surface area contributed by atoms with Gasteiger partial charge in [0.25, 0.3) is 0 Å². The number of nitrogens with zero attached hydrogens (tertiary/aromatic N) is 2. The predicted octanol–water partition coefficient (Wildman–Crippen LogP) is 2.31. The third kappa shape index (κ3) is 3.80. The Kier molecular flexibility index (Phi) is 4.92. The second kappa shape index (κ2) is 7.11. The number of hydrogen-bond donors (Lipinski definition) is 2. The number of hydrogen-bond acceptors (Lipinski definition) is 4. The predicted molar refractivity (Wildman–Crippen MR) is 93.6 cm³/mol. The molecule has 0 saturated carbocycles. The largest absolute Gasteiger partial charge is 0.384 e. The number of rotatable bonds is 5. The first-order valence-corrected chi connectivity index (χ1v) is 8.27. The van der Waals surface area contributed by atoms with Gasteiger partial charge in [-0.1, -0.05) is 24.3 Å². The molecule has 0 aliphatic carbocycles. The van der Waals surface area contributed by atoms with Gasteiger partial charge in [-0.05, 0) is 36.6 Å². The zero-order chi connectivity index (χ0) is 17.0. The monoisotopic (exact) mass is 325 g/mol. The Morgan fingerprint density at radius 3 is 2.92 bits per heavy atom. The Morgan fingerprint density at radius 2 is 2.17 bits per heavy atom. The fourth-order valence-corrected chi connectivity index (χ4v) is 3.30. The van der Waals surface area contributed by atoms with Crippen LogP contribution in [0.4, 0.5) is 5.69 Å². The topological polar surface area (TPSA) is 65.5 Å². The first kappa shape index (κ1) is 16.6. The second-order valence-electron chi connectivity index (χ2n) is 6.41. The molecule has 1 aromatic carbocycles. The van der Waals surface area contributed by atoms with Crippen molar-refractivity contribution in [3.63, 3.8) is 0 Å². The SMILES string of the molecule is Cc1ccccc1[C@@]1(O)CCN(CCC(=O)Nc2cccnc2)C1. The smallest absolute Gasteiger partial charge is 0.225 e. The van der Waals surface area contributed by atoms with Crippen LogP contribution in [0.3, 0.4) is 0 Å².